The minimum atomic E-state index is -0.273. The second-order valence-corrected chi connectivity index (χ2v) is 1.23. The molecule has 4 N–H and O–H groups in total. The molecule has 0 spiro atoms. The van der Waals surface area contributed by atoms with Crippen molar-refractivity contribution in [3.63, 3.8) is 0 Å². The third-order valence-corrected chi connectivity index (χ3v) is 0.613. The summed E-state index contributed by atoms with van der Waals surface area (Å²) in [6.07, 6.45) is -0.273. The summed E-state index contributed by atoms with van der Waals surface area (Å²) in [5.41, 5.74) is 10.3. The van der Waals surface area contributed by atoms with Crippen LogP contribution in [0.2, 0.25) is 0 Å². The molecule has 0 heterocycles. The van der Waals surface area contributed by atoms with Gasteiger partial charge >= 0.3 is 0 Å². The van der Waals surface area contributed by atoms with Crippen LogP contribution in [0.25, 0.3) is 0 Å². The standard InChI is InChI=1S/C4H12N2O/c1-2-7-4(6)3-5/h4H,2-3,5-6H2,1H3. The number of hydrogen-bond acceptors (Lipinski definition) is 3. The molecular weight excluding hydrogens is 92.1 g/mol. The molecule has 0 aromatic carbocycles. The number of ether oxygens (including phenoxy) is 1. The first kappa shape index (κ1) is 6.88. The van der Waals surface area contributed by atoms with Crippen molar-refractivity contribution in [2.45, 2.75) is 13.2 Å². The Morgan fingerprint density at radius 2 is 2.29 bits per heavy atom. The highest BCUT2D eigenvalue weighted by Crippen LogP contribution is 1.74. The van der Waals surface area contributed by atoms with Gasteiger partial charge in [-0.25, -0.2) is 0 Å². The van der Waals surface area contributed by atoms with E-state index >= 15 is 0 Å². The molecule has 0 aliphatic carbocycles. The average molecular weight is 104 g/mol. The van der Waals surface area contributed by atoms with Gasteiger partial charge in [0.15, 0.2) is 0 Å². The molecule has 0 amide bonds. The van der Waals surface area contributed by atoms with Crippen LogP contribution < -0.4 is 11.5 Å². The molecule has 0 bridgehead atoms. The van der Waals surface area contributed by atoms with Crippen LogP contribution in [0, 0.1) is 0 Å². The van der Waals surface area contributed by atoms with Crippen LogP contribution in [0.15, 0.2) is 0 Å². The summed E-state index contributed by atoms with van der Waals surface area (Å²) in [5.74, 6) is 0. The van der Waals surface area contributed by atoms with Gasteiger partial charge in [0.1, 0.15) is 6.23 Å². The van der Waals surface area contributed by atoms with Gasteiger partial charge < -0.3 is 16.2 Å². The van der Waals surface area contributed by atoms with E-state index in [2.05, 4.69) is 0 Å². The maximum Gasteiger partial charge on any atom is 0.117 e. The highest BCUT2D eigenvalue weighted by Gasteiger charge is 1.92. The summed E-state index contributed by atoms with van der Waals surface area (Å²) < 4.78 is 4.84. The fourth-order valence-electron chi connectivity index (χ4n) is 0.282. The van der Waals surface area contributed by atoms with Crippen molar-refractivity contribution in [2.75, 3.05) is 13.2 Å². The molecule has 0 aliphatic heterocycles. The zero-order valence-corrected chi connectivity index (χ0v) is 4.55. The number of rotatable bonds is 3. The van der Waals surface area contributed by atoms with Gasteiger partial charge in [-0.3, -0.25) is 0 Å². The van der Waals surface area contributed by atoms with Gasteiger partial charge in [0, 0.05) is 13.2 Å². The summed E-state index contributed by atoms with van der Waals surface area (Å²) >= 11 is 0. The fraction of sp³-hybridized carbons (Fsp3) is 1.00. The predicted molar refractivity (Wildman–Crippen MR) is 28.7 cm³/mol. The van der Waals surface area contributed by atoms with Gasteiger partial charge in [0.05, 0.1) is 0 Å². The first-order valence-electron chi connectivity index (χ1n) is 2.38. The van der Waals surface area contributed by atoms with E-state index < -0.39 is 0 Å². The molecule has 0 saturated heterocycles. The molecule has 0 aliphatic rings. The van der Waals surface area contributed by atoms with Gasteiger partial charge in [-0.05, 0) is 6.92 Å². The maximum absolute atomic E-state index is 5.24. The molecule has 3 nitrogen and oxygen atoms in total. The molecule has 0 aromatic rings. The summed E-state index contributed by atoms with van der Waals surface area (Å²) in [7, 11) is 0. The molecule has 0 rings (SSSR count). The SMILES string of the molecule is CCOC(N)CN. The smallest absolute Gasteiger partial charge is 0.117 e. The lowest BCUT2D eigenvalue weighted by molar-refractivity contribution is 0.0740. The van der Waals surface area contributed by atoms with Crippen molar-refractivity contribution in [1.82, 2.24) is 0 Å². The van der Waals surface area contributed by atoms with Crippen molar-refractivity contribution < 1.29 is 4.74 Å². The Kier molecular flexibility index (Phi) is 3.98. The Morgan fingerprint density at radius 3 is 2.43 bits per heavy atom. The molecule has 3 heteroatoms. The molecular formula is C4H12N2O. The third-order valence-electron chi connectivity index (χ3n) is 0.613. The first-order chi connectivity index (χ1) is 3.31. The molecule has 1 unspecified atom stereocenters. The van der Waals surface area contributed by atoms with Gasteiger partial charge in [-0.2, -0.15) is 0 Å². The summed E-state index contributed by atoms with van der Waals surface area (Å²) in [6.45, 7) is 2.92. The average Bonchev–Trinajstić information content (AvgIpc) is 1.68. The predicted octanol–water partition coefficient (Wildman–Crippen LogP) is -0.734. The molecule has 7 heavy (non-hydrogen) atoms. The van der Waals surface area contributed by atoms with Crippen molar-refractivity contribution in [3.8, 4) is 0 Å². The Hall–Kier alpha value is -0.120. The fourth-order valence-corrected chi connectivity index (χ4v) is 0.282. The van der Waals surface area contributed by atoms with E-state index in [0.717, 1.165) is 0 Å². The van der Waals surface area contributed by atoms with Crippen molar-refractivity contribution in [1.29, 1.82) is 0 Å². The minimum Gasteiger partial charge on any atom is -0.363 e. The van der Waals surface area contributed by atoms with Crippen LogP contribution in [0.1, 0.15) is 6.92 Å². The third kappa shape index (κ3) is 3.72. The van der Waals surface area contributed by atoms with Crippen LogP contribution in [-0.4, -0.2) is 19.4 Å². The lowest BCUT2D eigenvalue weighted by Crippen LogP contribution is -2.32. The van der Waals surface area contributed by atoms with Crippen LogP contribution >= 0.6 is 0 Å². The van der Waals surface area contributed by atoms with Gasteiger partial charge in [0.2, 0.25) is 0 Å². The topological polar surface area (TPSA) is 61.3 Å². The van der Waals surface area contributed by atoms with E-state index in [1.807, 2.05) is 6.92 Å². The summed E-state index contributed by atoms with van der Waals surface area (Å²) in [4.78, 5) is 0. The van der Waals surface area contributed by atoms with E-state index in [1.54, 1.807) is 0 Å². The van der Waals surface area contributed by atoms with Crippen LogP contribution in [0.4, 0.5) is 0 Å². The number of nitrogens with two attached hydrogens (primary N) is 2. The number of hydrogen-bond donors (Lipinski definition) is 2. The zero-order valence-electron chi connectivity index (χ0n) is 4.55. The molecule has 0 fully saturated rings. The second kappa shape index (κ2) is 4.05. The van der Waals surface area contributed by atoms with Crippen LogP contribution in [0.3, 0.4) is 0 Å². The van der Waals surface area contributed by atoms with Crippen LogP contribution in [-0.2, 0) is 4.74 Å². The Labute approximate surface area is 43.6 Å². The maximum atomic E-state index is 5.24. The van der Waals surface area contributed by atoms with E-state index in [9.17, 15) is 0 Å². The lowest BCUT2D eigenvalue weighted by atomic mass is 10.6. The quantitative estimate of drug-likeness (QED) is 0.464. The monoisotopic (exact) mass is 104 g/mol. The van der Waals surface area contributed by atoms with Gasteiger partial charge in [0.25, 0.3) is 0 Å². The highest BCUT2D eigenvalue weighted by molar-refractivity contribution is 4.43. The van der Waals surface area contributed by atoms with Crippen LogP contribution in [0.5, 0.6) is 0 Å². The Morgan fingerprint density at radius 1 is 1.71 bits per heavy atom. The molecule has 44 valence electrons. The van der Waals surface area contributed by atoms with Gasteiger partial charge in [-0.1, -0.05) is 0 Å². The highest BCUT2D eigenvalue weighted by atomic mass is 16.5. The van der Waals surface area contributed by atoms with Crippen molar-refractivity contribution >= 4 is 0 Å². The van der Waals surface area contributed by atoms with E-state index in [-0.39, 0.29) is 6.23 Å². The first-order valence-corrected chi connectivity index (χ1v) is 2.38. The van der Waals surface area contributed by atoms with E-state index in [0.29, 0.717) is 13.2 Å². The Bertz CT molecular complexity index is 40.7. The minimum absolute atomic E-state index is 0.273. The Balaban J connectivity index is 2.83. The molecule has 1 atom stereocenters. The lowest BCUT2D eigenvalue weighted by Gasteiger charge is -2.05. The second-order valence-electron chi connectivity index (χ2n) is 1.23. The largest absolute Gasteiger partial charge is 0.363 e. The summed E-state index contributed by atoms with van der Waals surface area (Å²) in [5, 5.41) is 0. The molecule has 0 radical (unpaired) electrons. The zero-order chi connectivity index (χ0) is 5.70. The molecule has 0 saturated carbocycles. The van der Waals surface area contributed by atoms with Crippen molar-refractivity contribution in [2.24, 2.45) is 11.5 Å². The molecule has 0 aromatic heterocycles. The van der Waals surface area contributed by atoms with E-state index in [1.165, 1.54) is 0 Å². The van der Waals surface area contributed by atoms with E-state index in [4.69, 9.17) is 16.2 Å². The summed E-state index contributed by atoms with van der Waals surface area (Å²) in [6, 6.07) is 0. The van der Waals surface area contributed by atoms with Crippen molar-refractivity contribution in [3.05, 3.63) is 0 Å². The van der Waals surface area contributed by atoms with Gasteiger partial charge in [-0.15, -0.1) is 0 Å². The normalized spacial score (nSPS) is 14.1.